The molecular weight excluding hydrogens is 324 g/mol. The molecule has 2 aromatic heterocycles. The third-order valence-corrected chi connectivity index (χ3v) is 7.49. The van der Waals surface area contributed by atoms with Crippen molar-refractivity contribution in [1.82, 2.24) is 20.1 Å². The lowest BCUT2D eigenvalue weighted by atomic mass is 9.54. The van der Waals surface area contributed by atoms with E-state index in [4.69, 9.17) is 4.98 Å². The Balaban J connectivity index is 1.33. The molecule has 0 atom stereocenters. The average molecular weight is 350 g/mol. The Bertz CT molecular complexity index is 869. The highest BCUT2D eigenvalue weighted by Gasteiger charge is 2.48. The molecule has 0 aromatic carbocycles. The third-order valence-electron chi connectivity index (χ3n) is 7.49. The summed E-state index contributed by atoms with van der Waals surface area (Å²) in [5, 5.41) is 8.70. The number of nitrogens with one attached hydrogen (secondary N) is 1. The Morgan fingerprint density at radius 2 is 1.81 bits per heavy atom. The first kappa shape index (κ1) is 15.2. The van der Waals surface area contributed by atoms with Crippen molar-refractivity contribution in [3.63, 3.8) is 0 Å². The normalized spacial score (nSPS) is 35.2. The van der Waals surface area contributed by atoms with Gasteiger partial charge in [-0.05, 0) is 74.7 Å². The van der Waals surface area contributed by atoms with Crippen LogP contribution in [0.1, 0.15) is 66.9 Å². The first-order valence-corrected chi connectivity index (χ1v) is 10.3. The second-order valence-corrected chi connectivity index (χ2v) is 9.30. The Morgan fingerprint density at radius 1 is 1.12 bits per heavy atom. The zero-order valence-electron chi connectivity index (χ0n) is 15.3. The maximum atomic E-state index is 13.3. The van der Waals surface area contributed by atoms with Crippen LogP contribution in [0.5, 0.6) is 0 Å². The number of fused-ring (bicyclic) bond motifs is 1. The highest BCUT2D eigenvalue weighted by molar-refractivity contribution is 6.05. The van der Waals surface area contributed by atoms with Gasteiger partial charge in [-0.1, -0.05) is 0 Å². The minimum Gasteiger partial charge on any atom is -0.349 e. The van der Waals surface area contributed by atoms with Crippen molar-refractivity contribution in [3.8, 4) is 0 Å². The van der Waals surface area contributed by atoms with Crippen LogP contribution in [0, 0.1) is 23.7 Å². The fourth-order valence-electron chi connectivity index (χ4n) is 6.30. The molecule has 2 heterocycles. The summed E-state index contributed by atoms with van der Waals surface area (Å²) < 4.78 is 1.79. The number of hydrogen-bond acceptors (Lipinski definition) is 3. The van der Waals surface area contributed by atoms with E-state index in [-0.39, 0.29) is 5.91 Å². The van der Waals surface area contributed by atoms with Crippen LogP contribution in [0.2, 0.25) is 0 Å². The van der Waals surface area contributed by atoms with E-state index >= 15 is 0 Å². The van der Waals surface area contributed by atoms with Gasteiger partial charge in [0.05, 0.1) is 17.1 Å². The zero-order chi connectivity index (χ0) is 17.4. The molecule has 136 valence electrons. The second-order valence-electron chi connectivity index (χ2n) is 9.30. The van der Waals surface area contributed by atoms with Crippen LogP contribution in [0.4, 0.5) is 0 Å². The Hall–Kier alpha value is -1.91. The fraction of sp³-hybridized carbons (Fsp3) is 0.667. The SMILES string of the molecule is Cn1ncc2c(C(=O)NC3C4CC5CC(C4)CC3C5)cc(C3CC3)nc21. The number of carbonyl (C=O) groups excluding carboxylic acids is 1. The number of rotatable bonds is 3. The molecule has 7 rings (SSSR count). The Labute approximate surface area is 153 Å². The van der Waals surface area contributed by atoms with E-state index in [1.54, 1.807) is 10.9 Å². The molecule has 26 heavy (non-hydrogen) atoms. The van der Waals surface area contributed by atoms with E-state index in [1.165, 1.54) is 44.9 Å². The molecule has 0 spiro atoms. The number of aromatic nitrogens is 3. The summed E-state index contributed by atoms with van der Waals surface area (Å²) in [4.78, 5) is 18.1. The predicted octanol–water partition coefficient (Wildman–Crippen LogP) is 3.40. The molecule has 5 aliphatic rings. The summed E-state index contributed by atoms with van der Waals surface area (Å²) in [6.45, 7) is 0. The summed E-state index contributed by atoms with van der Waals surface area (Å²) in [5.41, 5.74) is 2.68. The summed E-state index contributed by atoms with van der Waals surface area (Å²) in [5.74, 6) is 3.87. The zero-order valence-corrected chi connectivity index (χ0v) is 15.3. The Morgan fingerprint density at radius 3 is 2.46 bits per heavy atom. The molecule has 1 N–H and O–H groups in total. The number of pyridine rings is 1. The molecular formula is C21H26N4O. The van der Waals surface area contributed by atoms with Crippen LogP contribution in [0.25, 0.3) is 11.0 Å². The van der Waals surface area contributed by atoms with Crippen molar-refractivity contribution in [1.29, 1.82) is 0 Å². The first-order chi connectivity index (χ1) is 12.7. The molecule has 5 aliphatic carbocycles. The van der Waals surface area contributed by atoms with E-state index in [0.29, 0.717) is 23.8 Å². The standard InChI is InChI=1S/C21H26N4O/c1-25-20-17(10-22-25)16(9-18(23-20)13-2-3-13)21(26)24-19-14-5-11-4-12(7-14)8-15(19)6-11/h9-15,19H,2-8H2,1H3,(H,24,26). The van der Waals surface area contributed by atoms with E-state index in [2.05, 4.69) is 10.4 Å². The minimum atomic E-state index is 0.0878. The number of carbonyl (C=O) groups is 1. The average Bonchev–Trinajstić information content (AvgIpc) is 3.41. The maximum absolute atomic E-state index is 13.3. The van der Waals surface area contributed by atoms with Gasteiger partial charge in [-0.3, -0.25) is 9.48 Å². The smallest absolute Gasteiger partial charge is 0.252 e. The van der Waals surface area contributed by atoms with E-state index in [1.807, 2.05) is 13.1 Å². The monoisotopic (exact) mass is 350 g/mol. The summed E-state index contributed by atoms with van der Waals surface area (Å²) >= 11 is 0. The fourth-order valence-corrected chi connectivity index (χ4v) is 6.30. The van der Waals surface area contributed by atoms with E-state index < -0.39 is 0 Å². The van der Waals surface area contributed by atoms with E-state index in [9.17, 15) is 4.79 Å². The summed E-state index contributed by atoms with van der Waals surface area (Å²) in [6, 6.07) is 2.41. The predicted molar refractivity (Wildman–Crippen MR) is 98.8 cm³/mol. The van der Waals surface area contributed by atoms with Crippen molar-refractivity contribution < 1.29 is 4.79 Å². The molecule has 5 saturated carbocycles. The number of amides is 1. The van der Waals surface area contributed by atoms with Crippen LogP contribution in [0.3, 0.4) is 0 Å². The van der Waals surface area contributed by atoms with Crippen molar-refractivity contribution >= 4 is 16.9 Å². The van der Waals surface area contributed by atoms with Crippen molar-refractivity contribution in [2.24, 2.45) is 30.7 Å². The molecule has 1 amide bonds. The first-order valence-electron chi connectivity index (χ1n) is 10.3. The lowest BCUT2D eigenvalue weighted by Gasteiger charge is -2.54. The third kappa shape index (κ3) is 2.25. The molecule has 2 aromatic rings. The second kappa shape index (κ2) is 5.30. The van der Waals surface area contributed by atoms with Crippen LogP contribution in [-0.2, 0) is 7.05 Å². The number of aryl methyl sites for hydroxylation is 1. The van der Waals surface area contributed by atoms with Gasteiger partial charge < -0.3 is 5.32 Å². The van der Waals surface area contributed by atoms with Gasteiger partial charge in [-0.2, -0.15) is 5.10 Å². The van der Waals surface area contributed by atoms with Crippen molar-refractivity contribution in [2.75, 3.05) is 0 Å². The van der Waals surface area contributed by atoms with Crippen molar-refractivity contribution in [2.45, 2.75) is 56.9 Å². The molecule has 5 nitrogen and oxygen atoms in total. The lowest BCUT2D eigenvalue weighted by molar-refractivity contribution is -0.0119. The number of hydrogen-bond donors (Lipinski definition) is 1. The van der Waals surface area contributed by atoms with Crippen LogP contribution in [0.15, 0.2) is 12.3 Å². The molecule has 0 radical (unpaired) electrons. The van der Waals surface area contributed by atoms with Gasteiger partial charge in [0, 0.05) is 24.7 Å². The van der Waals surface area contributed by atoms with Crippen LogP contribution in [-0.4, -0.2) is 26.7 Å². The molecule has 5 fully saturated rings. The quantitative estimate of drug-likeness (QED) is 0.923. The minimum absolute atomic E-state index is 0.0878. The van der Waals surface area contributed by atoms with Gasteiger partial charge in [0.1, 0.15) is 0 Å². The molecule has 0 aliphatic heterocycles. The van der Waals surface area contributed by atoms with Gasteiger partial charge in [0.15, 0.2) is 5.65 Å². The molecule has 5 heteroatoms. The van der Waals surface area contributed by atoms with Crippen LogP contribution >= 0.6 is 0 Å². The van der Waals surface area contributed by atoms with E-state index in [0.717, 1.165) is 34.1 Å². The lowest BCUT2D eigenvalue weighted by Crippen LogP contribution is -2.55. The summed E-state index contributed by atoms with van der Waals surface area (Å²) in [7, 11) is 1.91. The topological polar surface area (TPSA) is 59.8 Å². The Kier molecular flexibility index (Phi) is 3.10. The van der Waals surface area contributed by atoms with Gasteiger partial charge in [0.25, 0.3) is 5.91 Å². The van der Waals surface area contributed by atoms with Crippen molar-refractivity contribution in [3.05, 3.63) is 23.5 Å². The molecule has 0 saturated heterocycles. The number of nitrogens with zero attached hydrogens (tertiary/aromatic N) is 3. The summed E-state index contributed by atoms with van der Waals surface area (Å²) in [6.07, 6.45) is 10.9. The highest BCUT2D eigenvalue weighted by atomic mass is 16.1. The van der Waals surface area contributed by atoms with Gasteiger partial charge in [0.2, 0.25) is 0 Å². The van der Waals surface area contributed by atoms with Gasteiger partial charge in [-0.15, -0.1) is 0 Å². The largest absolute Gasteiger partial charge is 0.349 e. The van der Waals surface area contributed by atoms with Crippen LogP contribution < -0.4 is 5.32 Å². The maximum Gasteiger partial charge on any atom is 0.252 e. The highest BCUT2D eigenvalue weighted by Crippen LogP contribution is 2.53. The van der Waals surface area contributed by atoms with Gasteiger partial charge >= 0.3 is 0 Å². The molecule has 0 unspecified atom stereocenters. The molecule has 4 bridgehead atoms. The van der Waals surface area contributed by atoms with Gasteiger partial charge in [-0.25, -0.2) is 4.98 Å².